The highest BCUT2D eigenvalue weighted by Gasteiger charge is 2.34. The lowest BCUT2D eigenvalue weighted by molar-refractivity contribution is -0.896. The number of nitrogens with zero attached hydrogens (tertiary/aromatic N) is 1. The van der Waals surface area contributed by atoms with E-state index < -0.39 is 6.10 Å². The van der Waals surface area contributed by atoms with Gasteiger partial charge in [0.05, 0.1) is 26.2 Å². The zero-order valence-electron chi connectivity index (χ0n) is 17.2. The van der Waals surface area contributed by atoms with Crippen molar-refractivity contribution in [3.05, 3.63) is 24.3 Å². The predicted molar refractivity (Wildman–Crippen MR) is 108 cm³/mol. The van der Waals surface area contributed by atoms with E-state index in [0.717, 1.165) is 19.5 Å². The van der Waals surface area contributed by atoms with Crippen molar-refractivity contribution in [3.8, 4) is 11.5 Å². The second kappa shape index (κ2) is 9.03. The van der Waals surface area contributed by atoms with Crippen LogP contribution in [0.5, 0.6) is 11.5 Å². The molecule has 2 N–H and O–H groups in total. The second-order valence-electron chi connectivity index (χ2n) is 8.55. The summed E-state index contributed by atoms with van der Waals surface area (Å²) in [6, 6.07) is 7.75. The average molecular weight is 403 g/mol. The van der Waals surface area contributed by atoms with Gasteiger partial charge in [-0.05, 0) is 30.9 Å². The third-order valence-electron chi connectivity index (χ3n) is 6.43. The first kappa shape index (κ1) is 20.0. The number of nitrogens with one attached hydrogen (secondary N) is 2. The minimum absolute atomic E-state index is 0.0287. The number of carbonyl (C=O) groups is 2. The Hall–Kier alpha value is -2.28. The van der Waals surface area contributed by atoms with Crippen LogP contribution in [0.2, 0.25) is 0 Å². The smallest absolute Gasteiger partial charge is 0.275 e. The summed E-state index contributed by atoms with van der Waals surface area (Å²) in [4.78, 5) is 28.4. The lowest BCUT2D eigenvalue weighted by Gasteiger charge is -2.35. The molecule has 1 aromatic rings. The summed E-state index contributed by atoms with van der Waals surface area (Å²) in [6.07, 6.45) is 4.19. The van der Waals surface area contributed by atoms with Crippen molar-refractivity contribution in [2.24, 2.45) is 5.92 Å². The topological polar surface area (TPSA) is 72.3 Å². The van der Waals surface area contributed by atoms with Crippen LogP contribution in [0.3, 0.4) is 0 Å². The summed E-state index contributed by atoms with van der Waals surface area (Å²) < 4.78 is 11.5. The van der Waals surface area contributed by atoms with Crippen LogP contribution < -0.4 is 19.7 Å². The van der Waals surface area contributed by atoms with Crippen molar-refractivity contribution in [2.45, 2.75) is 44.8 Å². The lowest BCUT2D eigenvalue weighted by atomic mass is 9.86. The molecule has 4 rings (SSSR count). The van der Waals surface area contributed by atoms with Crippen molar-refractivity contribution < 1.29 is 24.0 Å². The predicted octanol–water partition coefficient (Wildman–Crippen LogP) is 0.248. The first-order valence-electron chi connectivity index (χ1n) is 10.9. The van der Waals surface area contributed by atoms with Crippen LogP contribution in [0.4, 0.5) is 0 Å². The Labute approximate surface area is 172 Å². The van der Waals surface area contributed by atoms with E-state index in [9.17, 15) is 9.59 Å². The maximum Gasteiger partial charge on any atom is 0.275 e. The molecule has 29 heavy (non-hydrogen) atoms. The highest BCUT2D eigenvalue weighted by Crippen LogP contribution is 2.31. The van der Waals surface area contributed by atoms with Gasteiger partial charge in [0.25, 0.3) is 11.8 Å². The molecule has 3 aliphatic rings. The molecule has 2 fully saturated rings. The van der Waals surface area contributed by atoms with Crippen LogP contribution in [0.1, 0.15) is 32.6 Å². The van der Waals surface area contributed by atoms with Gasteiger partial charge in [0.1, 0.15) is 6.61 Å². The minimum atomic E-state index is -0.595. The Morgan fingerprint density at radius 2 is 1.86 bits per heavy atom. The zero-order chi connectivity index (χ0) is 20.2. The van der Waals surface area contributed by atoms with E-state index in [2.05, 4.69) is 12.2 Å². The van der Waals surface area contributed by atoms with Gasteiger partial charge < -0.3 is 24.6 Å². The Kier molecular flexibility index (Phi) is 6.23. The Balaban J connectivity index is 1.22. The van der Waals surface area contributed by atoms with E-state index in [4.69, 9.17) is 9.47 Å². The van der Waals surface area contributed by atoms with Gasteiger partial charge in [0, 0.05) is 6.04 Å². The van der Waals surface area contributed by atoms with E-state index in [1.54, 1.807) is 0 Å². The molecule has 158 valence electrons. The molecule has 7 nitrogen and oxygen atoms in total. The summed E-state index contributed by atoms with van der Waals surface area (Å²) >= 11 is 0. The molecule has 3 atom stereocenters. The Bertz CT molecular complexity index is 733. The molecule has 2 amide bonds. The van der Waals surface area contributed by atoms with E-state index >= 15 is 0 Å². The van der Waals surface area contributed by atoms with Gasteiger partial charge >= 0.3 is 0 Å². The molecule has 1 aliphatic carbocycles. The van der Waals surface area contributed by atoms with Crippen LogP contribution in [-0.2, 0) is 9.59 Å². The molecule has 1 saturated carbocycles. The third kappa shape index (κ3) is 4.83. The van der Waals surface area contributed by atoms with Gasteiger partial charge in [-0.15, -0.1) is 0 Å². The fourth-order valence-electron chi connectivity index (χ4n) is 4.58. The number of hydrogen-bond donors (Lipinski definition) is 2. The first-order chi connectivity index (χ1) is 14.1. The Morgan fingerprint density at radius 1 is 1.14 bits per heavy atom. The van der Waals surface area contributed by atoms with Crippen molar-refractivity contribution in [1.82, 2.24) is 10.2 Å². The molecular formula is C22H32N3O4+. The van der Waals surface area contributed by atoms with Gasteiger partial charge in [-0.2, -0.15) is 0 Å². The number of quaternary nitrogens is 1. The SMILES string of the molecule is C[C@H]1CCCC[C@H]1NC(=O)C[NH+]1CCN(C(=O)[C@@H]2COc3ccccc3O2)CC1. The number of rotatable bonds is 4. The standard InChI is InChI=1S/C22H31N3O4/c1-16-6-2-3-7-17(16)23-21(26)14-24-10-12-25(13-11-24)22(27)20-15-28-18-8-4-5-9-19(18)29-20/h4-5,8-9,16-17,20H,2-3,6-7,10-15H2,1H3,(H,23,26)/p+1/t16-,17+,20-/m0/s1. The molecule has 2 aliphatic heterocycles. The number of piperazine rings is 1. The molecule has 1 saturated heterocycles. The molecule has 0 radical (unpaired) electrons. The number of benzene rings is 1. The fourth-order valence-corrected chi connectivity index (χ4v) is 4.58. The van der Waals surface area contributed by atoms with Crippen molar-refractivity contribution in [1.29, 1.82) is 0 Å². The molecule has 7 heteroatoms. The van der Waals surface area contributed by atoms with Gasteiger partial charge in [-0.25, -0.2) is 0 Å². The molecule has 0 unspecified atom stereocenters. The minimum Gasteiger partial charge on any atom is -0.485 e. The monoisotopic (exact) mass is 402 g/mol. The highest BCUT2D eigenvalue weighted by atomic mass is 16.6. The summed E-state index contributed by atoms with van der Waals surface area (Å²) in [6.45, 7) is 5.81. The van der Waals surface area contributed by atoms with Gasteiger partial charge in [-0.3, -0.25) is 9.59 Å². The molecule has 1 aromatic carbocycles. The van der Waals surface area contributed by atoms with E-state index in [1.807, 2.05) is 29.2 Å². The first-order valence-corrected chi connectivity index (χ1v) is 10.9. The van der Waals surface area contributed by atoms with Crippen LogP contribution >= 0.6 is 0 Å². The Morgan fingerprint density at radius 3 is 2.62 bits per heavy atom. The van der Waals surface area contributed by atoms with Crippen molar-refractivity contribution in [2.75, 3.05) is 39.3 Å². The molecule has 0 aromatic heterocycles. The quantitative estimate of drug-likeness (QED) is 0.757. The van der Waals surface area contributed by atoms with Crippen LogP contribution in [0.15, 0.2) is 24.3 Å². The molecule has 0 bridgehead atoms. The van der Waals surface area contributed by atoms with E-state index in [-0.39, 0.29) is 18.4 Å². The number of amides is 2. The molecule has 0 spiro atoms. The number of hydrogen-bond acceptors (Lipinski definition) is 4. The summed E-state index contributed by atoms with van der Waals surface area (Å²) in [5.74, 6) is 1.98. The largest absolute Gasteiger partial charge is 0.485 e. The van der Waals surface area contributed by atoms with Crippen LogP contribution in [-0.4, -0.2) is 68.2 Å². The number of fused-ring (bicyclic) bond motifs is 1. The number of ether oxygens (including phenoxy) is 2. The summed E-state index contributed by atoms with van der Waals surface area (Å²) in [5, 5.41) is 3.23. The number of para-hydroxylation sites is 2. The lowest BCUT2D eigenvalue weighted by Crippen LogP contribution is -3.16. The summed E-state index contributed by atoms with van der Waals surface area (Å²) in [5.41, 5.74) is 0. The van der Waals surface area contributed by atoms with Crippen molar-refractivity contribution in [3.63, 3.8) is 0 Å². The second-order valence-corrected chi connectivity index (χ2v) is 8.55. The maximum absolute atomic E-state index is 12.8. The zero-order valence-corrected chi connectivity index (χ0v) is 17.2. The van der Waals surface area contributed by atoms with Crippen LogP contribution in [0, 0.1) is 5.92 Å². The molecule has 2 heterocycles. The summed E-state index contributed by atoms with van der Waals surface area (Å²) in [7, 11) is 0. The van der Waals surface area contributed by atoms with Gasteiger partial charge in [0.15, 0.2) is 18.0 Å². The maximum atomic E-state index is 12.8. The van der Waals surface area contributed by atoms with E-state index in [0.29, 0.717) is 43.1 Å². The van der Waals surface area contributed by atoms with Crippen molar-refractivity contribution >= 4 is 11.8 Å². The highest BCUT2D eigenvalue weighted by molar-refractivity contribution is 5.82. The normalized spacial score (nSPS) is 27.3. The molecular weight excluding hydrogens is 370 g/mol. The number of carbonyl (C=O) groups excluding carboxylic acids is 2. The van der Waals surface area contributed by atoms with Gasteiger partial charge in [0.2, 0.25) is 6.10 Å². The van der Waals surface area contributed by atoms with E-state index in [1.165, 1.54) is 24.2 Å². The fraction of sp³-hybridized carbons (Fsp3) is 0.636. The third-order valence-corrected chi connectivity index (χ3v) is 6.43. The van der Waals surface area contributed by atoms with Gasteiger partial charge in [-0.1, -0.05) is 31.9 Å². The average Bonchev–Trinajstić information content (AvgIpc) is 2.75. The van der Waals surface area contributed by atoms with Crippen LogP contribution in [0.25, 0.3) is 0 Å².